The van der Waals surface area contributed by atoms with Crippen molar-refractivity contribution in [1.29, 1.82) is 0 Å². The maximum absolute atomic E-state index is 10.9. The van der Waals surface area contributed by atoms with E-state index in [1.165, 1.54) is 18.5 Å². The molecule has 2 heterocycles. The van der Waals surface area contributed by atoms with Crippen LogP contribution in [0, 0.1) is 13.9 Å². The van der Waals surface area contributed by atoms with Gasteiger partial charge < -0.3 is 19.5 Å². The van der Waals surface area contributed by atoms with Gasteiger partial charge in [0.2, 0.25) is 0 Å². The Labute approximate surface area is 236 Å². The Morgan fingerprint density at radius 1 is 1.00 bits per heavy atom. The van der Waals surface area contributed by atoms with Crippen molar-refractivity contribution >= 4 is 61.0 Å². The third-order valence-electron chi connectivity index (χ3n) is 5.75. The standard InChI is InChI=1S/C27H22N4O5S3/c1-34-24-13-21-23(28-16-29-26(21)30-18-5-7-19(8-6-18)31(32)33)14-25(24)36-12-2-11-35-20-9-3-17(4-10-20)22-15-38-39-27(22)37/h3-10,13-16H,2,11-12H2,1H3,(H,28,29,30). The highest BCUT2D eigenvalue weighted by Gasteiger charge is 2.13. The van der Waals surface area contributed by atoms with Gasteiger partial charge in [0, 0.05) is 46.6 Å². The summed E-state index contributed by atoms with van der Waals surface area (Å²) in [6.45, 7) is 0.919. The van der Waals surface area contributed by atoms with Gasteiger partial charge in [0.15, 0.2) is 11.5 Å². The fourth-order valence-electron chi connectivity index (χ4n) is 3.80. The summed E-state index contributed by atoms with van der Waals surface area (Å²) >= 11 is 5.37. The van der Waals surface area contributed by atoms with Crippen LogP contribution in [-0.4, -0.2) is 35.2 Å². The number of nitrogens with one attached hydrogen (secondary N) is 1. The van der Waals surface area contributed by atoms with Crippen LogP contribution in [-0.2, 0) is 0 Å². The first-order chi connectivity index (χ1) is 19.0. The molecule has 0 saturated heterocycles. The molecule has 9 nitrogen and oxygen atoms in total. The molecule has 5 aromatic rings. The SMILES string of the molecule is COc1cc2c(Nc3ccc([N+](=O)[O-])cc3)ncnc2cc1OCCCOc1ccc(-c2cssc2=S)cc1. The zero-order valence-electron chi connectivity index (χ0n) is 20.7. The number of hydrogen-bond acceptors (Lipinski definition) is 11. The molecule has 198 valence electrons. The molecule has 5 rings (SSSR count). The van der Waals surface area contributed by atoms with Crippen LogP contribution in [0.2, 0.25) is 0 Å². The van der Waals surface area contributed by atoms with Crippen LogP contribution in [0.1, 0.15) is 6.42 Å². The van der Waals surface area contributed by atoms with Crippen LogP contribution in [0.3, 0.4) is 0 Å². The summed E-state index contributed by atoms with van der Waals surface area (Å²) in [4.78, 5) is 19.2. The van der Waals surface area contributed by atoms with E-state index in [0.717, 1.165) is 26.1 Å². The minimum Gasteiger partial charge on any atom is -0.493 e. The molecule has 0 aliphatic carbocycles. The summed E-state index contributed by atoms with van der Waals surface area (Å²) in [6.07, 6.45) is 2.11. The molecule has 12 heteroatoms. The van der Waals surface area contributed by atoms with Gasteiger partial charge in [-0.25, -0.2) is 9.97 Å². The molecule has 0 spiro atoms. The molecule has 0 unspecified atom stereocenters. The molecule has 0 aliphatic rings. The first-order valence-electron chi connectivity index (χ1n) is 11.8. The van der Waals surface area contributed by atoms with Crippen molar-refractivity contribution in [3.05, 3.63) is 86.3 Å². The minimum atomic E-state index is -0.441. The van der Waals surface area contributed by atoms with Crippen molar-refractivity contribution in [2.45, 2.75) is 6.42 Å². The minimum absolute atomic E-state index is 0.0145. The summed E-state index contributed by atoms with van der Waals surface area (Å²) in [5.74, 6) is 2.43. The molecule has 0 atom stereocenters. The van der Waals surface area contributed by atoms with Crippen molar-refractivity contribution in [3.8, 4) is 28.4 Å². The molecule has 1 N–H and O–H groups in total. The van der Waals surface area contributed by atoms with Gasteiger partial charge in [-0.1, -0.05) is 45.0 Å². The highest BCUT2D eigenvalue weighted by atomic mass is 32.9. The first kappa shape index (κ1) is 26.5. The molecule has 0 aliphatic heterocycles. The molecular formula is C27H22N4O5S3. The van der Waals surface area contributed by atoms with Crippen molar-refractivity contribution in [2.24, 2.45) is 0 Å². The lowest BCUT2D eigenvalue weighted by molar-refractivity contribution is -0.384. The number of ether oxygens (including phenoxy) is 3. The summed E-state index contributed by atoms with van der Waals surface area (Å²) in [7, 11) is 4.81. The van der Waals surface area contributed by atoms with E-state index in [-0.39, 0.29) is 5.69 Å². The van der Waals surface area contributed by atoms with E-state index in [2.05, 4.69) is 20.7 Å². The fourth-order valence-corrected chi connectivity index (χ4v) is 6.19. The number of hydrogen-bond donors (Lipinski definition) is 1. The highest BCUT2D eigenvalue weighted by Crippen LogP contribution is 2.35. The Kier molecular flexibility index (Phi) is 8.25. The maximum atomic E-state index is 10.9. The second-order valence-electron chi connectivity index (χ2n) is 8.24. The van der Waals surface area contributed by atoms with Gasteiger partial charge in [-0.15, -0.1) is 0 Å². The molecule has 0 radical (unpaired) electrons. The van der Waals surface area contributed by atoms with Gasteiger partial charge in [-0.3, -0.25) is 10.1 Å². The van der Waals surface area contributed by atoms with Gasteiger partial charge in [-0.05, 0) is 35.9 Å². The molecule has 2 aromatic heterocycles. The van der Waals surface area contributed by atoms with Crippen LogP contribution in [0.5, 0.6) is 17.2 Å². The third kappa shape index (κ3) is 6.30. The van der Waals surface area contributed by atoms with Gasteiger partial charge in [0.05, 0.1) is 30.8 Å². The average Bonchev–Trinajstić information content (AvgIpc) is 3.39. The number of methoxy groups -OCH3 is 1. The van der Waals surface area contributed by atoms with Gasteiger partial charge >= 0.3 is 0 Å². The summed E-state index contributed by atoms with van der Waals surface area (Å²) in [6, 6.07) is 17.6. The summed E-state index contributed by atoms with van der Waals surface area (Å²) in [5, 5.41) is 16.9. The summed E-state index contributed by atoms with van der Waals surface area (Å²) < 4.78 is 18.3. The topological polar surface area (TPSA) is 109 Å². The van der Waals surface area contributed by atoms with Crippen molar-refractivity contribution in [3.63, 3.8) is 0 Å². The second-order valence-corrected chi connectivity index (χ2v) is 11.0. The zero-order chi connectivity index (χ0) is 27.2. The van der Waals surface area contributed by atoms with Gasteiger partial charge in [-0.2, -0.15) is 0 Å². The van der Waals surface area contributed by atoms with E-state index < -0.39 is 4.92 Å². The lowest BCUT2D eigenvalue weighted by Gasteiger charge is -2.14. The van der Waals surface area contributed by atoms with E-state index >= 15 is 0 Å². The van der Waals surface area contributed by atoms with Crippen LogP contribution < -0.4 is 19.5 Å². The molecule has 0 bridgehead atoms. The predicted octanol–water partition coefficient (Wildman–Crippen LogP) is 7.66. The molecule has 0 amide bonds. The van der Waals surface area contributed by atoms with Crippen LogP contribution >= 0.6 is 32.9 Å². The largest absolute Gasteiger partial charge is 0.493 e. The average molecular weight is 579 g/mol. The number of non-ortho nitro benzene ring substituents is 1. The van der Waals surface area contributed by atoms with Crippen LogP contribution in [0.4, 0.5) is 17.2 Å². The Bertz CT molecular complexity index is 1650. The third-order valence-corrected chi connectivity index (χ3v) is 8.41. The number of nitro groups is 1. The molecule has 0 saturated carbocycles. The lowest BCUT2D eigenvalue weighted by Crippen LogP contribution is -2.06. The fraction of sp³-hybridized carbons (Fsp3) is 0.148. The second kappa shape index (κ2) is 12.2. The molecule has 0 fully saturated rings. The Morgan fingerprint density at radius 3 is 2.46 bits per heavy atom. The lowest BCUT2D eigenvalue weighted by atomic mass is 10.1. The monoisotopic (exact) mass is 578 g/mol. The number of anilines is 2. The normalized spacial score (nSPS) is 10.8. The number of nitrogens with zero attached hydrogens (tertiary/aromatic N) is 3. The van der Waals surface area contributed by atoms with Crippen LogP contribution in [0.25, 0.3) is 22.0 Å². The Balaban J connectivity index is 1.19. The number of benzene rings is 3. The van der Waals surface area contributed by atoms with E-state index in [4.69, 9.17) is 26.4 Å². The first-order valence-corrected chi connectivity index (χ1v) is 14.4. The highest BCUT2D eigenvalue weighted by molar-refractivity contribution is 7.79. The van der Waals surface area contributed by atoms with Crippen molar-refractivity contribution in [1.82, 2.24) is 9.97 Å². The Hall–Kier alpha value is -4.13. The maximum Gasteiger partial charge on any atom is 0.269 e. The molecule has 3 aromatic carbocycles. The van der Waals surface area contributed by atoms with E-state index in [0.29, 0.717) is 48.2 Å². The van der Waals surface area contributed by atoms with E-state index in [1.807, 2.05) is 24.3 Å². The summed E-state index contributed by atoms with van der Waals surface area (Å²) in [5.41, 5.74) is 3.51. The Morgan fingerprint density at radius 2 is 1.77 bits per heavy atom. The van der Waals surface area contributed by atoms with Crippen molar-refractivity contribution in [2.75, 3.05) is 25.6 Å². The quantitative estimate of drug-likeness (QED) is 0.0555. The molecular weight excluding hydrogens is 557 g/mol. The number of nitro benzene ring substituents is 1. The van der Waals surface area contributed by atoms with Gasteiger partial charge in [0.1, 0.15) is 21.7 Å². The number of fused-ring (bicyclic) bond motifs is 1. The molecule has 39 heavy (non-hydrogen) atoms. The van der Waals surface area contributed by atoms with E-state index in [9.17, 15) is 10.1 Å². The van der Waals surface area contributed by atoms with Crippen molar-refractivity contribution < 1.29 is 19.1 Å². The van der Waals surface area contributed by atoms with Crippen LogP contribution in [0.15, 0.2) is 72.4 Å². The number of aromatic nitrogens is 2. The van der Waals surface area contributed by atoms with E-state index in [1.54, 1.807) is 52.1 Å². The smallest absolute Gasteiger partial charge is 0.269 e. The zero-order valence-corrected chi connectivity index (χ0v) is 23.1. The predicted molar refractivity (Wildman–Crippen MR) is 157 cm³/mol. The number of rotatable bonds is 11. The van der Waals surface area contributed by atoms with Gasteiger partial charge in [0.25, 0.3) is 5.69 Å².